The van der Waals surface area contributed by atoms with Gasteiger partial charge in [0.15, 0.2) is 0 Å². The van der Waals surface area contributed by atoms with Crippen molar-refractivity contribution in [3.8, 4) is 6.07 Å². The molecule has 0 aliphatic heterocycles. The van der Waals surface area contributed by atoms with Gasteiger partial charge in [0.1, 0.15) is 0 Å². The first-order chi connectivity index (χ1) is 10.4. The van der Waals surface area contributed by atoms with Gasteiger partial charge < -0.3 is 10.4 Å². The average molecular weight is 342 g/mol. The fourth-order valence-corrected chi connectivity index (χ4v) is 3.39. The zero-order valence-electron chi connectivity index (χ0n) is 12.1. The van der Waals surface area contributed by atoms with Gasteiger partial charge in [0.2, 0.25) is 5.91 Å². The van der Waals surface area contributed by atoms with Crippen LogP contribution in [-0.2, 0) is 11.2 Å². The highest BCUT2D eigenvalue weighted by atomic mass is 35.5. The van der Waals surface area contributed by atoms with Crippen molar-refractivity contribution in [1.82, 2.24) is 10.2 Å². The highest BCUT2D eigenvalue weighted by Gasteiger charge is 2.36. The first-order valence-corrected chi connectivity index (χ1v) is 7.69. The lowest BCUT2D eigenvalue weighted by molar-refractivity contribution is -0.122. The van der Waals surface area contributed by atoms with Crippen LogP contribution in [0.25, 0.3) is 0 Å². The summed E-state index contributed by atoms with van der Waals surface area (Å²) in [5.74, 6) is -0.188. The Hall–Kier alpha value is -1.32. The molecule has 2 rings (SSSR count). The Morgan fingerprint density at radius 2 is 2.27 bits per heavy atom. The van der Waals surface area contributed by atoms with E-state index in [2.05, 4.69) is 5.32 Å². The number of aliphatic hydroxyl groups excluding tert-OH is 1. The summed E-state index contributed by atoms with van der Waals surface area (Å²) >= 11 is 12.2. The molecule has 0 heterocycles. The van der Waals surface area contributed by atoms with Gasteiger partial charge in [-0.1, -0.05) is 23.2 Å². The lowest BCUT2D eigenvalue weighted by Gasteiger charge is -2.27. The van der Waals surface area contributed by atoms with E-state index in [1.54, 1.807) is 24.1 Å². The molecule has 0 spiro atoms. The van der Waals surface area contributed by atoms with Gasteiger partial charge >= 0.3 is 0 Å². The second-order valence-corrected chi connectivity index (χ2v) is 6.19. The van der Waals surface area contributed by atoms with E-state index in [0.29, 0.717) is 23.0 Å². The smallest absolute Gasteiger partial charge is 0.234 e. The van der Waals surface area contributed by atoms with E-state index >= 15 is 0 Å². The molecule has 0 saturated heterocycles. The molecular formula is C15H17Cl2N3O2. The Morgan fingerprint density at radius 3 is 2.95 bits per heavy atom. The number of nitrogens with one attached hydrogen (secondary N) is 1. The summed E-state index contributed by atoms with van der Waals surface area (Å²) in [6.45, 7) is 0.446. The maximum absolute atomic E-state index is 11.8. The fourth-order valence-electron chi connectivity index (χ4n) is 2.80. The summed E-state index contributed by atoms with van der Waals surface area (Å²) < 4.78 is 0. The van der Waals surface area contributed by atoms with Gasteiger partial charge in [0.25, 0.3) is 0 Å². The van der Waals surface area contributed by atoms with Crippen LogP contribution in [-0.4, -0.2) is 42.2 Å². The molecule has 0 bridgehead atoms. The van der Waals surface area contributed by atoms with Crippen LogP contribution in [0.4, 0.5) is 0 Å². The molecule has 22 heavy (non-hydrogen) atoms. The van der Waals surface area contributed by atoms with Crippen molar-refractivity contribution in [2.75, 3.05) is 20.1 Å². The largest absolute Gasteiger partial charge is 0.391 e. The minimum Gasteiger partial charge on any atom is -0.391 e. The highest BCUT2D eigenvalue weighted by Crippen LogP contribution is 2.40. The SMILES string of the molecule is CN(CC(=O)NCCC#N)[C@H]1c2cc(Cl)cc(Cl)c2C[C@@H]1O. The molecule has 0 unspecified atom stereocenters. The van der Waals surface area contributed by atoms with E-state index < -0.39 is 6.10 Å². The summed E-state index contributed by atoms with van der Waals surface area (Å²) in [7, 11) is 1.77. The van der Waals surface area contributed by atoms with Gasteiger partial charge in [0.05, 0.1) is 31.2 Å². The Balaban J connectivity index is 2.10. The fraction of sp³-hybridized carbons (Fsp3) is 0.467. The van der Waals surface area contributed by atoms with Crippen molar-refractivity contribution in [3.63, 3.8) is 0 Å². The monoisotopic (exact) mass is 341 g/mol. The van der Waals surface area contributed by atoms with Crippen LogP contribution >= 0.6 is 23.2 Å². The van der Waals surface area contributed by atoms with Crippen LogP contribution in [0.2, 0.25) is 10.0 Å². The van der Waals surface area contributed by atoms with Crippen LogP contribution in [0.3, 0.4) is 0 Å². The lowest BCUT2D eigenvalue weighted by Crippen LogP contribution is -2.39. The van der Waals surface area contributed by atoms with Crippen LogP contribution in [0, 0.1) is 11.3 Å². The van der Waals surface area contributed by atoms with Crippen molar-refractivity contribution >= 4 is 29.1 Å². The number of carbonyl (C=O) groups excluding carboxylic acids is 1. The third-order valence-electron chi connectivity index (χ3n) is 3.72. The molecular weight excluding hydrogens is 325 g/mol. The van der Waals surface area contributed by atoms with Crippen LogP contribution in [0.5, 0.6) is 0 Å². The maximum atomic E-state index is 11.8. The summed E-state index contributed by atoms with van der Waals surface area (Å²) in [4.78, 5) is 13.6. The number of aliphatic hydroxyl groups is 1. The van der Waals surface area contributed by atoms with Crippen molar-refractivity contribution in [2.24, 2.45) is 0 Å². The first kappa shape index (κ1) is 17.0. The third-order valence-corrected chi connectivity index (χ3v) is 4.27. The number of rotatable bonds is 5. The number of halogens is 2. The molecule has 0 aromatic heterocycles. The van der Waals surface area contributed by atoms with Gasteiger partial charge in [-0.3, -0.25) is 9.69 Å². The zero-order chi connectivity index (χ0) is 16.3. The molecule has 1 aliphatic rings. The molecule has 1 aliphatic carbocycles. The summed E-state index contributed by atoms with van der Waals surface area (Å²) in [6, 6.07) is 5.08. The topological polar surface area (TPSA) is 76.4 Å². The van der Waals surface area contributed by atoms with Gasteiger partial charge in [-0.25, -0.2) is 0 Å². The Bertz CT molecular complexity index is 616. The van der Waals surface area contributed by atoms with E-state index in [4.69, 9.17) is 28.5 Å². The molecule has 2 atom stereocenters. The number of amides is 1. The Kier molecular flexibility index (Phi) is 5.65. The predicted molar refractivity (Wildman–Crippen MR) is 84.8 cm³/mol. The van der Waals surface area contributed by atoms with Crippen molar-refractivity contribution < 1.29 is 9.90 Å². The maximum Gasteiger partial charge on any atom is 0.234 e. The van der Waals surface area contributed by atoms with E-state index in [9.17, 15) is 9.90 Å². The van der Waals surface area contributed by atoms with Gasteiger partial charge in [-0.15, -0.1) is 0 Å². The molecule has 118 valence electrons. The normalized spacial score (nSPS) is 19.8. The average Bonchev–Trinajstić information content (AvgIpc) is 2.75. The second-order valence-electron chi connectivity index (χ2n) is 5.34. The van der Waals surface area contributed by atoms with Crippen molar-refractivity contribution in [1.29, 1.82) is 5.26 Å². The number of likely N-dealkylation sites (N-methyl/N-ethyl adjacent to an activating group) is 1. The van der Waals surface area contributed by atoms with Crippen LogP contribution in [0.1, 0.15) is 23.6 Å². The number of nitrogens with zero attached hydrogens (tertiary/aromatic N) is 2. The number of hydrogen-bond donors (Lipinski definition) is 2. The predicted octanol–water partition coefficient (Wildman–Crippen LogP) is 1.91. The molecule has 5 nitrogen and oxygen atoms in total. The molecule has 1 aromatic rings. The number of fused-ring (bicyclic) bond motifs is 1. The van der Waals surface area contributed by atoms with Crippen molar-refractivity contribution in [3.05, 3.63) is 33.3 Å². The summed E-state index contributed by atoms with van der Waals surface area (Å²) in [5.41, 5.74) is 1.73. The molecule has 1 aromatic carbocycles. The standard InChI is InChI=1S/C15H17Cl2N3O2/c1-20(8-14(22)19-4-2-3-18)15-11-5-9(16)6-12(17)10(11)7-13(15)21/h5-6,13,15,21H,2,4,7-8H2,1H3,(H,19,22)/t13-,15-/m0/s1. The number of nitriles is 1. The molecule has 0 saturated carbocycles. The third kappa shape index (κ3) is 3.71. The highest BCUT2D eigenvalue weighted by molar-refractivity contribution is 6.35. The minimum atomic E-state index is -0.636. The first-order valence-electron chi connectivity index (χ1n) is 6.93. The van der Waals surface area contributed by atoms with E-state index in [1.165, 1.54) is 0 Å². The second kappa shape index (κ2) is 7.30. The Morgan fingerprint density at radius 1 is 1.55 bits per heavy atom. The van der Waals surface area contributed by atoms with Gasteiger partial charge in [-0.05, 0) is 30.3 Å². The van der Waals surface area contributed by atoms with Gasteiger partial charge in [0, 0.05) is 23.0 Å². The zero-order valence-corrected chi connectivity index (χ0v) is 13.7. The quantitative estimate of drug-likeness (QED) is 0.802. The molecule has 2 N–H and O–H groups in total. The van der Waals surface area contributed by atoms with Crippen LogP contribution in [0.15, 0.2) is 12.1 Å². The van der Waals surface area contributed by atoms with Gasteiger partial charge in [-0.2, -0.15) is 5.26 Å². The van der Waals surface area contributed by atoms with Crippen LogP contribution < -0.4 is 5.32 Å². The number of carbonyl (C=O) groups is 1. The summed E-state index contributed by atoms with van der Waals surface area (Å²) in [5, 5.41) is 22.5. The van der Waals surface area contributed by atoms with E-state index in [1.807, 2.05) is 6.07 Å². The Labute approximate surface area is 139 Å². The number of hydrogen-bond acceptors (Lipinski definition) is 4. The molecule has 0 fully saturated rings. The molecule has 7 heteroatoms. The van der Waals surface area contributed by atoms with E-state index in [0.717, 1.165) is 11.1 Å². The minimum absolute atomic E-state index is 0.122. The summed E-state index contributed by atoms with van der Waals surface area (Å²) in [6.07, 6.45) is 0.0780. The molecule has 1 amide bonds. The lowest BCUT2D eigenvalue weighted by atomic mass is 10.1. The number of benzene rings is 1. The van der Waals surface area contributed by atoms with E-state index in [-0.39, 0.29) is 24.9 Å². The molecule has 0 radical (unpaired) electrons. The van der Waals surface area contributed by atoms with Crippen molar-refractivity contribution in [2.45, 2.75) is 25.0 Å².